The third kappa shape index (κ3) is 3.25. The summed E-state index contributed by atoms with van der Waals surface area (Å²) in [5.74, 6) is 0. The number of nitrogens with two attached hydrogens (primary N) is 1. The molecule has 0 aliphatic carbocycles. The van der Waals surface area contributed by atoms with Gasteiger partial charge in [0.2, 0.25) is 10.0 Å². The second-order valence-corrected chi connectivity index (χ2v) is 7.09. The number of hydrogen-bond donors (Lipinski definition) is 2. The highest BCUT2D eigenvalue weighted by Gasteiger charge is 2.14. The first-order valence-corrected chi connectivity index (χ1v) is 8.05. The van der Waals surface area contributed by atoms with Crippen molar-refractivity contribution in [2.24, 2.45) is 0 Å². The maximum Gasteiger partial charge on any atom is 0.250 e. The van der Waals surface area contributed by atoms with Crippen LogP contribution in [0.5, 0.6) is 0 Å². The van der Waals surface area contributed by atoms with Gasteiger partial charge in [0.1, 0.15) is 4.21 Å². The molecule has 0 bridgehead atoms. The van der Waals surface area contributed by atoms with Crippen molar-refractivity contribution in [3.8, 4) is 0 Å². The molecule has 0 radical (unpaired) electrons. The Morgan fingerprint density at radius 3 is 2.82 bits per heavy atom. The van der Waals surface area contributed by atoms with Crippen LogP contribution in [0.4, 0.5) is 5.13 Å². The highest BCUT2D eigenvalue weighted by atomic mass is 32.2. The van der Waals surface area contributed by atoms with Crippen molar-refractivity contribution in [3.05, 3.63) is 28.6 Å². The minimum Gasteiger partial charge on any atom is -0.375 e. The number of hydrogen-bond acceptors (Lipinski definition) is 6. The predicted molar refractivity (Wildman–Crippen MR) is 69.7 cm³/mol. The van der Waals surface area contributed by atoms with Crippen molar-refractivity contribution in [2.45, 2.75) is 10.6 Å². The number of thiazole rings is 1. The highest BCUT2D eigenvalue weighted by Crippen LogP contribution is 2.15. The van der Waals surface area contributed by atoms with Crippen LogP contribution in [0.25, 0.3) is 0 Å². The van der Waals surface area contributed by atoms with Crippen molar-refractivity contribution < 1.29 is 8.42 Å². The Morgan fingerprint density at radius 2 is 2.24 bits per heavy atom. The standard InChI is InChI=1S/C9H11N3O2S3/c10-9-12-7(6-16-9)3-4-11-17(13,14)8-2-1-5-15-8/h1-2,5-6,11H,3-4H2,(H2,10,12). The number of nitrogen functional groups attached to an aromatic ring is 1. The zero-order chi connectivity index (χ0) is 12.3. The summed E-state index contributed by atoms with van der Waals surface area (Å²) in [5.41, 5.74) is 6.29. The normalized spacial score (nSPS) is 11.8. The fourth-order valence-corrected chi connectivity index (χ4v) is 3.91. The largest absolute Gasteiger partial charge is 0.375 e. The van der Waals surface area contributed by atoms with Crippen LogP contribution >= 0.6 is 22.7 Å². The molecule has 3 N–H and O–H groups in total. The maximum absolute atomic E-state index is 11.7. The molecule has 92 valence electrons. The van der Waals surface area contributed by atoms with E-state index >= 15 is 0 Å². The molecule has 2 rings (SSSR count). The number of anilines is 1. The van der Waals surface area contributed by atoms with Crippen LogP contribution in [0, 0.1) is 0 Å². The molecule has 0 aliphatic rings. The third-order valence-corrected chi connectivity index (χ3v) is 5.58. The molecule has 5 nitrogen and oxygen atoms in total. The van der Waals surface area contributed by atoms with Gasteiger partial charge < -0.3 is 5.73 Å². The van der Waals surface area contributed by atoms with Crippen LogP contribution < -0.4 is 10.5 Å². The third-order valence-electron chi connectivity index (χ3n) is 2.00. The summed E-state index contributed by atoms with van der Waals surface area (Å²) in [6, 6.07) is 3.29. The first-order valence-electron chi connectivity index (χ1n) is 4.81. The first kappa shape index (κ1) is 12.5. The zero-order valence-corrected chi connectivity index (χ0v) is 11.2. The van der Waals surface area contributed by atoms with Gasteiger partial charge in [0.15, 0.2) is 5.13 Å². The topological polar surface area (TPSA) is 85.1 Å². The second-order valence-electron chi connectivity index (χ2n) is 3.26. The summed E-state index contributed by atoms with van der Waals surface area (Å²) >= 11 is 2.55. The van der Waals surface area contributed by atoms with E-state index in [2.05, 4.69) is 9.71 Å². The molecule has 8 heteroatoms. The van der Waals surface area contributed by atoms with E-state index in [9.17, 15) is 8.42 Å². The number of aromatic nitrogens is 1. The van der Waals surface area contributed by atoms with Crippen molar-refractivity contribution in [2.75, 3.05) is 12.3 Å². The molecule has 0 spiro atoms. The molecule has 0 aliphatic heterocycles. The smallest absolute Gasteiger partial charge is 0.250 e. The van der Waals surface area contributed by atoms with Crippen LogP contribution in [0.1, 0.15) is 5.69 Å². The summed E-state index contributed by atoms with van der Waals surface area (Å²) < 4.78 is 26.3. The van der Waals surface area contributed by atoms with E-state index in [1.54, 1.807) is 17.5 Å². The number of nitrogens with one attached hydrogen (secondary N) is 1. The lowest BCUT2D eigenvalue weighted by molar-refractivity contribution is 0.583. The average molecular weight is 289 g/mol. The number of rotatable bonds is 5. The fourth-order valence-electron chi connectivity index (χ4n) is 1.24. The lowest BCUT2D eigenvalue weighted by Crippen LogP contribution is -2.25. The molecule has 17 heavy (non-hydrogen) atoms. The summed E-state index contributed by atoms with van der Waals surface area (Å²) in [6.07, 6.45) is 0.540. The maximum atomic E-state index is 11.7. The lowest BCUT2D eigenvalue weighted by atomic mass is 10.3. The predicted octanol–water partition coefficient (Wildman–Crippen LogP) is 1.31. The van der Waals surface area contributed by atoms with Crippen molar-refractivity contribution in [1.29, 1.82) is 0 Å². The van der Waals surface area contributed by atoms with E-state index in [1.807, 2.05) is 5.38 Å². The summed E-state index contributed by atoms with van der Waals surface area (Å²) in [6.45, 7) is 0.323. The van der Waals surface area contributed by atoms with E-state index in [1.165, 1.54) is 22.7 Å². The van der Waals surface area contributed by atoms with Gasteiger partial charge in [-0.2, -0.15) is 0 Å². The second kappa shape index (κ2) is 5.13. The molecule has 2 aromatic heterocycles. The van der Waals surface area contributed by atoms with Crippen LogP contribution in [0.2, 0.25) is 0 Å². The lowest BCUT2D eigenvalue weighted by Gasteiger charge is -2.02. The van der Waals surface area contributed by atoms with Gasteiger partial charge in [-0.1, -0.05) is 6.07 Å². The molecule has 2 heterocycles. The van der Waals surface area contributed by atoms with Crippen LogP contribution in [-0.4, -0.2) is 19.9 Å². The molecule has 0 fully saturated rings. The van der Waals surface area contributed by atoms with E-state index in [-0.39, 0.29) is 0 Å². The van der Waals surface area contributed by atoms with E-state index in [4.69, 9.17) is 5.73 Å². The van der Waals surface area contributed by atoms with Gasteiger partial charge in [0, 0.05) is 18.3 Å². The monoisotopic (exact) mass is 289 g/mol. The fraction of sp³-hybridized carbons (Fsp3) is 0.222. The Hall–Kier alpha value is -0.960. The highest BCUT2D eigenvalue weighted by molar-refractivity contribution is 7.91. The molecule has 0 atom stereocenters. The van der Waals surface area contributed by atoms with Gasteiger partial charge in [-0.05, 0) is 11.4 Å². The van der Waals surface area contributed by atoms with Gasteiger partial charge >= 0.3 is 0 Å². The molecular weight excluding hydrogens is 278 g/mol. The Balaban J connectivity index is 1.91. The van der Waals surface area contributed by atoms with E-state index < -0.39 is 10.0 Å². The van der Waals surface area contributed by atoms with Crippen molar-refractivity contribution in [1.82, 2.24) is 9.71 Å². The molecule has 0 aromatic carbocycles. The number of sulfonamides is 1. The zero-order valence-electron chi connectivity index (χ0n) is 8.79. The van der Waals surface area contributed by atoms with Gasteiger partial charge in [-0.15, -0.1) is 22.7 Å². The van der Waals surface area contributed by atoms with Crippen molar-refractivity contribution in [3.63, 3.8) is 0 Å². The first-order chi connectivity index (χ1) is 8.08. The van der Waals surface area contributed by atoms with E-state index in [0.29, 0.717) is 22.3 Å². The quantitative estimate of drug-likeness (QED) is 0.869. The minimum atomic E-state index is -3.37. The Bertz CT molecular complexity index is 574. The molecule has 0 amide bonds. The van der Waals surface area contributed by atoms with Gasteiger partial charge in [-0.25, -0.2) is 18.1 Å². The van der Waals surface area contributed by atoms with E-state index in [0.717, 1.165) is 5.69 Å². The molecule has 0 saturated carbocycles. The van der Waals surface area contributed by atoms with Gasteiger partial charge in [-0.3, -0.25) is 0 Å². The van der Waals surface area contributed by atoms with Crippen LogP contribution in [-0.2, 0) is 16.4 Å². The van der Waals surface area contributed by atoms with Gasteiger partial charge in [0.05, 0.1) is 5.69 Å². The average Bonchev–Trinajstić information content (AvgIpc) is 2.89. The number of thiophene rings is 1. The molecule has 2 aromatic rings. The Morgan fingerprint density at radius 1 is 1.41 bits per heavy atom. The number of nitrogens with zero attached hydrogens (tertiary/aromatic N) is 1. The van der Waals surface area contributed by atoms with Gasteiger partial charge in [0.25, 0.3) is 0 Å². The summed E-state index contributed by atoms with van der Waals surface area (Å²) in [7, 11) is -3.37. The molecular formula is C9H11N3O2S3. The Labute approximate surface area is 107 Å². The molecule has 0 saturated heterocycles. The Kier molecular flexibility index (Phi) is 3.77. The minimum absolute atomic E-state index is 0.323. The summed E-state index contributed by atoms with van der Waals surface area (Å²) in [5, 5.41) is 4.06. The van der Waals surface area contributed by atoms with Crippen LogP contribution in [0.15, 0.2) is 27.1 Å². The van der Waals surface area contributed by atoms with Crippen LogP contribution in [0.3, 0.4) is 0 Å². The molecule has 0 unspecified atom stereocenters. The van der Waals surface area contributed by atoms with Crippen molar-refractivity contribution >= 4 is 37.8 Å². The SMILES string of the molecule is Nc1nc(CCNS(=O)(=O)c2cccs2)cs1. The summed E-state index contributed by atoms with van der Waals surface area (Å²) in [4.78, 5) is 4.06.